The number of carbonyl (C=O) groups excluding carboxylic acids is 2. The van der Waals surface area contributed by atoms with Crippen molar-refractivity contribution in [1.29, 1.82) is 0 Å². The van der Waals surface area contributed by atoms with Gasteiger partial charge in [0.05, 0.1) is 13.7 Å². The summed E-state index contributed by atoms with van der Waals surface area (Å²) in [6, 6.07) is 6.97. The van der Waals surface area contributed by atoms with Gasteiger partial charge in [0.2, 0.25) is 6.08 Å². The minimum Gasteiger partial charge on any atom is -0.453 e. The Balaban J connectivity index is 2.73. The fraction of sp³-hybridized carbons (Fsp3) is 0.200. The third kappa shape index (κ3) is 3.62. The Hall–Kier alpha value is -2.13. The number of amides is 1. The van der Waals surface area contributed by atoms with Crippen molar-refractivity contribution in [3.05, 3.63) is 29.8 Å². The molecule has 0 aliphatic carbocycles. The second-order valence-corrected chi connectivity index (χ2v) is 2.72. The van der Waals surface area contributed by atoms with Gasteiger partial charge in [0.25, 0.3) is 0 Å². The van der Waals surface area contributed by atoms with Gasteiger partial charge in [-0.15, -0.1) is 0 Å². The highest BCUT2D eigenvalue weighted by Gasteiger charge is 2.00. The average Bonchev–Trinajstić information content (AvgIpc) is 2.26. The molecule has 1 aromatic carbocycles. The van der Waals surface area contributed by atoms with Crippen LogP contribution >= 0.6 is 0 Å². The highest BCUT2D eigenvalue weighted by atomic mass is 16.5. The van der Waals surface area contributed by atoms with Crippen LogP contribution in [0.25, 0.3) is 0 Å². The number of nitrogens with one attached hydrogen (secondary N) is 1. The van der Waals surface area contributed by atoms with E-state index in [-0.39, 0.29) is 6.54 Å². The maximum absolute atomic E-state index is 10.9. The first-order chi connectivity index (χ1) is 7.26. The number of benzene rings is 1. The van der Waals surface area contributed by atoms with E-state index >= 15 is 0 Å². The zero-order valence-corrected chi connectivity index (χ0v) is 8.19. The van der Waals surface area contributed by atoms with E-state index in [1.807, 2.05) is 0 Å². The normalized spacial score (nSPS) is 8.87. The molecule has 0 bridgehead atoms. The Bertz CT molecular complexity index is 397. The van der Waals surface area contributed by atoms with E-state index in [0.29, 0.717) is 5.69 Å². The van der Waals surface area contributed by atoms with E-state index in [1.54, 1.807) is 24.3 Å². The molecular weight excluding hydrogens is 196 g/mol. The second-order valence-electron chi connectivity index (χ2n) is 2.72. The van der Waals surface area contributed by atoms with Crippen molar-refractivity contribution in [2.75, 3.05) is 12.4 Å². The number of hydrogen-bond donors (Lipinski definition) is 1. The smallest absolute Gasteiger partial charge is 0.411 e. The molecular formula is C10H10N2O3. The molecule has 1 rings (SSSR count). The fourth-order valence-corrected chi connectivity index (χ4v) is 1.04. The number of hydrogen-bond acceptors (Lipinski definition) is 4. The molecule has 1 N–H and O–H groups in total. The molecule has 5 nitrogen and oxygen atoms in total. The number of methoxy groups -OCH3 is 1. The molecule has 0 spiro atoms. The average molecular weight is 206 g/mol. The summed E-state index contributed by atoms with van der Waals surface area (Å²) in [7, 11) is 1.29. The van der Waals surface area contributed by atoms with Crippen molar-refractivity contribution in [1.82, 2.24) is 0 Å². The molecule has 0 saturated carbocycles. The molecule has 0 unspecified atom stereocenters. The predicted molar refractivity (Wildman–Crippen MR) is 54.3 cm³/mol. The summed E-state index contributed by atoms with van der Waals surface area (Å²) in [5.74, 6) is 0. The van der Waals surface area contributed by atoms with Gasteiger partial charge in [0, 0.05) is 5.69 Å². The lowest BCUT2D eigenvalue weighted by molar-refractivity contribution is 0.187. The third-order valence-corrected chi connectivity index (χ3v) is 1.68. The van der Waals surface area contributed by atoms with Gasteiger partial charge in [-0.25, -0.2) is 14.6 Å². The summed E-state index contributed by atoms with van der Waals surface area (Å²) in [6.45, 7) is 0.250. The van der Waals surface area contributed by atoms with Crippen LogP contribution in [-0.2, 0) is 16.1 Å². The highest BCUT2D eigenvalue weighted by Crippen LogP contribution is 2.11. The van der Waals surface area contributed by atoms with Crippen LogP contribution in [0.4, 0.5) is 10.5 Å². The predicted octanol–water partition coefficient (Wildman–Crippen LogP) is 1.70. The Morgan fingerprint density at radius 1 is 1.60 bits per heavy atom. The lowest BCUT2D eigenvalue weighted by Crippen LogP contribution is -2.10. The topological polar surface area (TPSA) is 67.8 Å². The number of rotatable bonds is 3. The van der Waals surface area contributed by atoms with Crippen molar-refractivity contribution in [2.45, 2.75) is 6.54 Å². The Kier molecular flexibility index (Phi) is 4.06. The van der Waals surface area contributed by atoms with E-state index in [0.717, 1.165) is 5.56 Å². The van der Waals surface area contributed by atoms with Crippen LogP contribution in [-0.4, -0.2) is 19.3 Å². The maximum atomic E-state index is 10.9. The van der Waals surface area contributed by atoms with Crippen molar-refractivity contribution < 1.29 is 14.3 Å². The molecule has 1 aromatic rings. The first-order valence-corrected chi connectivity index (χ1v) is 4.24. The molecule has 0 radical (unpaired) electrons. The first kappa shape index (κ1) is 10.9. The Labute approximate surface area is 86.8 Å². The van der Waals surface area contributed by atoms with Crippen LogP contribution < -0.4 is 5.32 Å². The monoisotopic (exact) mass is 206 g/mol. The summed E-state index contributed by atoms with van der Waals surface area (Å²) < 4.78 is 4.44. The minimum atomic E-state index is -0.536. The molecule has 78 valence electrons. The van der Waals surface area contributed by atoms with Gasteiger partial charge in [0.15, 0.2) is 0 Å². The van der Waals surface area contributed by atoms with Gasteiger partial charge in [-0.1, -0.05) is 12.1 Å². The summed E-state index contributed by atoms with van der Waals surface area (Å²) >= 11 is 0. The number of ether oxygens (including phenoxy) is 1. The van der Waals surface area contributed by atoms with Crippen LogP contribution in [0.1, 0.15) is 5.56 Å². The lowest BCUT2D eigenvalue weighted by atomic mass is 10.2. The van der Waals surface area contributed by atoms with Gasteiger partial charge >= 0.3 is 6.09 Å². The van der Waals surface area contributed by atoms with E-state index in [9.17, 15) is 9.59 Å². The van der Waals surface area contributed by atoms with Crippen molar-refractivity contribution in [2.24, 2.45) is 4.99 Å². The Morgan fingerprint density at radius 2 is 2.40 bits per heavy atom. The van der Waals surface area contributed by atoms with Crippen LogP contribution in [0.5, 0.6) is 0 Å². The third-order valence-electron chi connectivity index (χ3n) is 1.68. The van der Waals surface area contributed by atoms with E-state index in [4.69, 9.17) is 0 Å². The molecule has 0 aromatic heterocycles. The SMILES string of the molecule is COC(=O)Nc1cccc(CN=C=O)c1. The van der Waals surface area contributed by atoms with Crippen molar-refractivity contribution >= 4 is 17.9 Å². The maximum Gasteiger partial charge on any atom is 0.411 e. The number of nitrogens with zero attached hydrogens (tertiary/aromatic N) is 1. The van der Waals surface area contributed by atoms with Crippen molar-refractivity contribution in [3.8, 4) is 0 Å². The summed E-state index contributed by atoms with van der Waals surface area (Å²) in [5, 5.41) is 2.51. The van der Waals surface area contributed by atoms with Crippen molar-refractivity contribution in [3.63, 3.8) is 0 Å². The number of isocyanates is 1. The van der Waals surface area contributed by atoms with E-state index in [1.165, 1.54) is 13.2 Å². The van der Waals surface area contributed by atoms with Crippen LogP contribution in [0.3, 0.4) is 0 Å². The number of carbonyl (C=O) groups is 1. The molecule has 0 aliphatic heterocycles. The second kappa shape index (κ2) is 5.57. The summed E-state index contributed by atoms with van der Waals surface area (Å²) in [5.41, 5.74) is 1.41. The van der Waals surface area contributed by atoms with Gasteiger partial charge in [-0.05, 0) is 17.7 Å². The number of anilines is 1. The largest absolute Gasteiger partial charge is 0.453 e. The van der Waals surface area contributed by atoms with E-state index < -0.39 is 6.09 Å². The molecule has 0 atom stereocenters. The first-order valence-electron chi connectivity index (χ1n) is 4.24. The van der Waals surface area contributed by atoms with E-state index in [2.05, 4.69) is 15.0 Å². The number of aliphatic imine (C=N–C) groups is 1. The van der Waals surface area contributed by atoms with Gasteiger partial charge in [0.1, 0.15) is 0 Å². The lowest BCUT2D eigenvalue weighted by Gasteiger charge is -2.04. The summed E-state index contributed by atoms with van der Waals surface area (Å²) in [4.78, 5) is 24.2. The highest BCUT2D eigenvalue weighted by molar-refractivity contribution is 5.84. The summed E-state index contributed by atoms with van der Waals surface area (Å²) in [6.07, 6.45) is 0.914. The molecule has 0 fully saturated rings. The molecule has 5 heteroatoms. The molecule has 0 saturated heterocycles. The molecule has 15 heavy (non-hydrogen) atoms. The van der Waals surface area contributed by atoms with Crippen LogP contribution in [0.15, 0.2) is 29.3 Å². The van der Waals surface area contributed by atoms with Crippen LogP contribution in [0.2, 0.25) is 0 Å². The van der Waals surface area contributed by atoms with Gasteiger partial charge in [-0.2, -0.15) is 0 Å². The molecule has 0 aliphatic rings. The molecule has 0 heterocycles. The fourth-order valence-electron chi connectivity index (χ4n) is 1.04. The quantitative estimate of drug-likeness (QED) is 0.604. The van der Waals surface area contributed by atoms with Crippen LogP contribution in [0, 0.1) is 0 Å². The molecule has 1 amide bonds. The van der Waals surface area contributed by atoms with Gasteiger partial charge in [-0.3, -0.25) is 5.32 Å². The Morgan fingerprint density at radius 3 is 3.07 bits per heavy atom. The van der Waals surface area contributed by atoms with Gasteiger partial charge < -0.3 is 4.74 Å². The standard InChI is InChI=1S/C10H10N2O3/c1-15-10(14)12-9-4-2-3-8(5-9)6-11-7-13/h2-5H,6H2,1H3,(H,12,14). The zero-order chi connectivity index (χ0) is 11.1. The minimum absolute atomic E-state index is 0.250. The zero-order valence-electron chi connectivity index (χ0n) is 8.19.